The highest BCUT2D eigenvalue weighted by atomic mass is 16.5. The van der Waals surface area contributed by atoms with Gasteiger partial charge in [-0.15, -0.1) is 0 Å². The molecule has 2 fully saturated rings. The van der Waals surface area contributed by atoms with Crippen LogP contribution in [0.2, 0.25) is 0 Å². The lowest BCUT2D eigenvalue weighted by Gasteiger charge is -2.44. The minimum absolute atomic E-state index is 0.202. The summed E-state index contributed by atoms with van der Waals surface area (Å²) in [6.45, 7) is 10.7. The van der Waals surface area contributed by atoms with Crippen LogP contribution in [0.15, 0.2) is 0 Å². The number of ether oxygens (including phenoxy) is 1. The maximum atomic E-state index is 5.93. The van der Waals surface area contributed by atoms with Gasteiger partial charge in [-0.2, -0.15) is 0 Å². The van der Waals surface area contributed by atoms with Gasteiger partial charge < -0.3 is 4.74 Å². The van der Waals surface area contributed by atoms with Crippen molar-refractivity contribution in [2.24, 2.45) is 17.3 Å². The quantitative estimate of drug-likeness (QED) is 0.686. The highest BCUT2D eigenvalue weighted by molar-refractivity contribution is 4.89. The van der Waals surface area contributed by atoms with E-state index < -0.39 is 0 Å². The fourth-order valence-electron chi connectivity index (χ4n) is 4.21. The van der Waals surface area contributed by atoms with E-state index in [0.29, 0.717) is 5.41 Å². The second kappa shape index (κ2) is 4.91. The van der Waals surface area contributed by atoms with Crippen LogP contribution in [0.4, 0.5) is 0 Å². The van der Waals surface area contributed by atoms with E-state index in [1.54, 1.807) is 0 Å². The molecule has 1 heteroatoms. The zero-order valence-corrected chi connectivity index (χ0v) is 12.2. The predicted octanol–water partition coefficient (Wildman–Crippen LogP) is 4.80. The summed E-state index contributed by atoms with van der Waals surface area (Å²) in [5, 5.41) is 0. The highest BCUT2D eigenvalue weighted by Crippen LogP contribution is 2.47. The van der Waals surface area contributed by atoms with Crippen LogP contribution >= 0.6 is 0 Å². The van der Waals surface area contributed by atoms with Crippen LogP contribution in [0.1, 0.15) is 72.6 Å². The SMILES string of the molecule is CC1CCCC(C)(C)C1CCC1(C)CCCO1. The maximum Gasteiger partial charge on any atom is 0.0655 e. The fourth-order valence-corrected chi connectivity index (χ4v) is 4.21. The van der Waals surface area contributed by atoms with Gasteiger partial charge in [0.15, 0.2) is 0 Å². The first-order valence-electron chi connectivity index (χ1n) is 7.57. The lowest BCUT2D eigenvalue weighted by Crippen LogP contribution is -2.35. The molecule has 3 atom stereocenters. The number of hydrogen-bond acceptors (Lipinski definition) is 1. The molecule has 100 valence electrons. The number of hydrogen-bond donors (Lipinski definition) is 0. The molecular formula is C16H30O. The second-order valence-corrected chi connectivity index (χ2v) is 7.41. The van der Waals surface area contributed by atoms with Gasteiger partial charge in [0.2, 0.25) is 0 Å². The lowest BCUT2D eigenvalue weighted by atomic mass is 9.62. The van der Waals surface area contributed by atoms with Gasteiger partial charge in [-0.1, -0.05) is 33.6 Å². The first-order chi connectivity index (χ1) is 7.93. The third-order valence-corrected chi connectivity index (χ3v) is 5.46. The van der Waals surface area contributed by atoms with Crippen molar-refractivity contribution in [3.05, 3.63) is 0 Å². The Kier molecular flexibility index (Phi) is 3.87. The van der Waals surface area contributed by atoms with Crippen molar-refractivity contribution in [3.8, 4) is 0 Å². The Bertz CT molecular complexity index is 250. The van der Waals surface area contributed by atoms with Crippen molar-refractivity contribution in [1.29, 1.82) is 0 Å². The molecule has 1 saturated heterocycles. The molecule has 0 spiro atoms. The molecule has 1 saturated carbocycles. The van der Waals surface area contributed by atoms with Crippen molar-refractivity contribution in [2.75, 3.05) is 6.61 Å². The summed E-state index contributed by atoms with van der Waals surface area (Å²) in [4.78, 5) is 0. The van der Waals surface area contributed by atoms with Crippen molar-refractivity contribution < 1.29 is 4.74 Å². The molecule has 1 nitrogen and oxygen atoms in total. The standard InChI is InChI=1S/C16H30O/c1-13-7-5-9-15(2,3)14(13)8-11-16(4)10-6-12-17-16/h13-14H,5-12H2,1-4H3. The molecule has 1 aliphatic heterocycles. The first kappa shape index (κ1) is 13.4. The van der Waals surface area contributed by atoms with Crippen molar-refractivity contribution >= 4 is 0 Å². The Labute approximate surface area is 107 Å². The third kappa shape index (κ3) is 3.05. The van der Waals surface area contributed by atoms with E-state index in [9.17, 15) is 0 Å². The lowest BCUT2D eigenvalue weighted by molar-refractivity contribution is -0.00823. The maximum absolute atomic E-state index is 5.93. The minimum atomic E-state index is 0.202. The Morgan fingerprint density at radius 2 is 1.88 bits per heavy atom. The van der Waals surface area contributed by atoms with E-state index in [1.807, 2.05) is 0 Å². The van der Waals surface area contributed by atoms with E-state index in [-0.39, 0.29) is 5.60 Å². The van der Waals surface area contributed by atoms with E-state index >= 15 is 0 Å². The highest BCUT2D eigenvalue weighted by Gasteiger charge is 2.38. The van der Waals surface area contributed by atoms with Gasteiger partial charge >= 0.3 is 0 Å². The molecule has 0 amide bonds. The smallest absolute Gasteiger partial charge is 0.0655 e. The summed E-state index contributed by atoms with van der Waals surface area (Å²) >= 11 is 0. The summed E-state index contributed by atoms with van der Waals surface area (Å²) in [6.07, 6.45) is 9.45. The monoisotopic (exact) mass is 238 g/mol. The zero-order valence-electron chi connectivity index (χ0n) is 12.2. The molecule has 0 aromatic carbocycles. The Morgan fingerprint density at radius 1 is 1.12 bits per heavy atom. The fraction of sp³-hybridized carbons (Fsp3) is 1.00. The van der Waals surface area contributed by atoms with Crippen LogP contribution in [-0.2, 0) is 4.74 Å². The summed E-state index contributed by atoms with van der Waals surface area (Å²) in [7, 11) is 0. The van der Waals surface area contributed by atoms with E-state index in [2.05, 4.69) is 27.7 Å². The number of rotatable bonds is 3. The zero-order chi connectivity index (χ0) is 12.5. The second-order valence-electron chi connectivity index (χ2n) is 7.41. The molecule has 1 aliphatic carbocycles. The Hall–Kier alpha value is -0.0400. The summed E-state index contributed by atoms with van der Waals surface area (Å²) in [5.41, 5.74) is 0.750. The van der Waals surface area contributed by atoms with Crippen LogP contribution in [0.25, 0.3) is 0 Å². The molecular weight excluding hydrogens is 208 g/mol. The third-order valence-electron chi connectivity index (χ3n) is 5.46. The Balaban J connectivity index is 1.92. The van der Waals surface area contributed by atoms with Crippen LogP contribution in [0.5, 0.6) is 0 Å². The molecule has 2 aliphatic rings. The van der Waals surface area contributed by atoms with Gasteiger partial charge in [-0.05, 0) is 56.3 Å². The van der Waals surface area contributed by atoms with Gasteiger partial charge in [0.25, 0.3) is 0 Å². The summed E-state index contributed by atoms with van der Waals surface area (Å²) < 4.78 is 5.93. The topological polar surface area (TPSA) is 9.23 Å². The molecule has 3 unspecified atom stereocenters. The van der Waals surface area contributed by atoms with E-state index in [4.69, 9.17) is 4.74 Å². The van der Waals surface area contributed by atoms with Gasteiger partial charge in [0, 0.05) is 6.61 Å². The predicted molar refractivity (Wildman–Crippen MR) is 73.1 cm³/mol. The van der Waals surface area contributed by atoms with Crippen LogP contribution in [-0.4, -0.2) is 12.2 Å². The van der Waals surface area contributed by atoms with Crippen molar-refractivity contribution in [2.45, 2.75) is 78.2 Å². The molecule has 0 aromatic heterocycles. The molecule has 0 aromatic rings. The van der Waals surface area contributed by atoms with Crippen LogP contribution in [0, 0.1) is 17.3 Å². The molecule has 0 radical (unpaired) electrons. The van der Waals surface area contributed by atoms with Crippen molar-refractivity contribution in [1.82, 2.24) is 0 Å². The van der Waals surface area contributed by atoms with Gasteiger partial charge in [0.05, 0.1) is 5.60 Å². The average Bonchev–Trinajstić information content (AvgIpc) is 2.64. The molecule has 17 heavy (non-hydrogen) atoms. The largest absolute Gasteiger partial charge is 0.375 e. The van der Waals surface area contributed by atoms with Crippen LogP contribution in [0.3, 0.4) is 0 Å². The minimum Gasteiger partial charge on any atom is -0.375 e. The molecule has 0 bridgehead atoms. The van der Waals surface area contributed by atoms with Gasteiger partial charge in [-0.25, -0.2) is 0 Å². The van der Waals surface area contributed by atoms with Gasteiger partial charge in [-0.3, -0.25) is 0 Å². The molecule has 2 rings (SSSR count). The van der Waals surface area contributed by atoms with Crippen LogP contribution < -0.4 is 0 Å². The first-order valence-corrected chi connectivity index (χ1v) is 7.57. The summed E-state index contributed by atoms with van der Waals surface area (Å²) in [5.74, 6) is 1.81. The Morgan fingerprint density at radius 3 is 2.47 bits per heavy atom. The van der Waals surface area contributed by atoms with Gasteiger partial charge in [0.1, 0.15) is 0 Å². The van der Waals surface area contributed by atoms with Crippen molar-refractivity contribution in [3.63, 3.8) is 0 Å². The van der Waals surface area contributed by atoms with E-state index in [0.717, 1.165) is 18.4 Å². The van der Waals surface area contributed by atoms with E-state index in [1.165, 1.54) is 44.9 Å². The average molecular weight is 238 g/mol. The summed E-state index contributed by atoms with van der Waals surface area (Å²) in [6, 6.07) is 0. The molecule has 0 N–H and O–H groups in total. The molecule has 1 heterocycles. The normalized spacial score (nSPS) is 41.6.